The van der Waals surface area contributed by atoms with E-state index in [0.29, 0.717) is 0 Å². The van der Waals surface area contributed by atoms with Gasteiger partial charge in [0, 0.05) is 11.8 Å². The molecular weight excluding hydrogens is 371 g/mol. The molecule has 0 atom stereocenters. The molecule has 162 valence electrons. The highest BCUT2D eigenvalue weighted by atomic mass is 35.5. The molecule has 0 saturated heterocycles. The second-order valence-electron chi connectivity index (χ2n) is 8.14. The molecule has 0 spiro atoms. The van der Waals surface area contributed by atoms with Crippen molar-refractivity contribution in [1.82, 2.24) is 0 Å². The van der Waals surface area contributed by atoms with Crippen molar-refractivity contribution in [3.05, 3.63) is 12.2 Å². The van der Waals surface area contributed by atoms with Gasteiger partial charge in [-0.15, -0.1) is 23.2 Å². The number of hydrogen-bond acceptors (Lipinski definition) is 0. The quantitative estimate of drug-likeness (QED) is 0.0877. The molecule has 0 fully saturated rings. The van der Waals surface area contributed by atoms with Crippen molar-refractivity contribution in [2.75, 3.05) is 11.8 Å². The maximum atomic E-state index is 5.69. The lowest BCUT2D eigenvalue weighted by molar-refractivity contribution is 0.557. The number of halogens is 2. The van der Waals surface area contributed by atoms with Crippen LogP contribution in [0.25, 0.3) is 0 Å². The molecule has 0 aromatic heterocycles. The molecule has 0 aliphatic carbocycles. The number of unbranched alkanes of at least 4 members (excludes halogenated alkanes) is 19. The molecule has 27 heavy (non-hydrogen) atoms. The van der Waals surface area contributed by atoms with Crippen molar-refractivity contribution in [3.63, 3.8) is 0 Å². The highest BCUT2D eigenvalue weighted by molar-refractivity contribution is 6.18. The Morgan fingerprint density at radius 2 is 0.519 bits per heavy atom. The monoisotopic (exact) mass is 418 g/mol. The van der Waals surface area contributed by atoms with Crippen LogP contribution in [-0.2, 0) is 0 Å². The Balaban J connectivity index is 3.05. The summed E-state index contributed by atoms with van der Waals surface area (Å²) in [5.74, 6) is 1.67. The zero-order valence-corrected chi connectivity index (χ0v) is 19.7. The summed E-state index contributed by atoms with van der Waals surface area (Å²) in [7, 11) is 0. The molecular formula is C25H48Cl2. The minimum atomic E-state index is 0.837. The first-order chi connectivity index (χ1) is 13.4. The highest BCUT2D eigenvalue weighted by Gasteiger charge is 1.93. The van der Waals surface area contributed by atoms with Gasteiger partial charge in [-0.2, -0.15) is 0 Å². The summed E-state index contributed by atoms with van der Waals surface area (Å²) in [4.78, 5) is 0. The minimum Gasteiger partial charge on any atom is -0.127 e. The molecule has 2 heteroatoms. The Kier molecular flexibility index (Phi) is 26.6. The summed E-state index contributed by atoms with van der Waals surface area (Å²) in [6.07, 6.45) is 33.7. The Labute approximate surface area is 181 Å². The zero-order valence-electron chi connectivity index (χ0n) is 18.2. The van der Waals surface area contributed by atoms with Crippen molar-refractivity contribution >= 4 is 23.2 Å². The van der Waals surface area contributed by atoms with Crippen molar-refractivity contribution in [2.45, 2.75) is 135 Å². The van der Waals surface area contributed by atoms with Crippen LogP contribution in [0.4, 0.5) is 0 Å². The lowest BCUT2D eigenvalue weighted by Gasteiger charge is -2.02. The summed E-state index contributed by atoms with van der Waals surface area (Å²) in [5.41, 5.74) is 0. The van der Waals surface area contributed by atoms with E-state index in [-0.39, 0.29) is 0 Å². The predicted octanol–water partition coefficient (Wildman–Crippen LogP) is 10.2. The van der Waals surface area contributed by atoms with Gasteiger partial charge in [0.25, 0.3) is 0 Å². The van der Waals surface area contributed by atoms with E-state index in [1.807, 2.05) is 0 Å². The second kappa shape index (κ2) is 26.3. The van der Waals surface area contributed by atoms with Crippen molar-refractivity contribution < 1.29 is 0 Å². The molecule has 0 aromatic carbocycles. The lowest BCUT2D eigenvalue weighted by atomic mass is 10.1. The second-order valence-corrected chi connectivity index (χ2v) is 8.90. The minimum absolute atomic E-state index is 0.837. The van der Waals surface area contributed by atoms with Gasteiger partial charge in [-0.05, 0) is 38.5 Å². The Morgan fingerprint density at radius 3 is 0.778 bits per heavy atom. The summed E-state index contributed by atoms with van der Waals surface area (Å²) >= 11 is 11.4. The predicted molar refractivity (Wildman–Crippen MR) is 128 cm³/mol. The Hall–Kier alpha value is 0.320. The number of allylic oxidation sites excluding steroid dienone is 2. The standard InChI is InChI=1S/C25H48Cl2/c26-24-22-20-18-16-14-12-10-8-6-4-2-1-3-5-7-9-11-13-15-17-19-21-23-25-27/h1-2H,3-25H2. The van der Waals surface area contributed by atoms with E-state index in [9.17, 15) is 0 Å². The number of rotatable bonds is 23. The average Bonchev–Trinajstić information content (AvgIpc) is 2.68. The van der Waals surface area contributed by atoms with Gasteiger partial charge >= 0.3 is 0 Å². The molecule has 0 heterocycles. The van der Waals surface area contributed by atoms with E-state index in [1.165, 1.54) is 135 Å². The van der Waals surface area contributed by atoms with Crippen LogP contribution in [0.3, 0.4) is 0 Å². The fraction of sp³-hybridized carbons (Fsp3) is 0.920. The van der Waals surface area contributed by atoms with Gasteiger partial charge in [-0.3, -0.25) is 0 Å². The van der Waals surface area contributed by atoms with Crippen LogP contribution in [0.15, 0.2) is 12.2 Å². The molecule has 0 bridgehead atoms. The summed E-state index contributed by atoms with van der Waals surface area (Å²) in [6, 6.07) is 0. The van der Waals surface area contributed by atoms with Crippen molar-refractivity contribution in [1.29, 1.82) is 0 Å². The third kappa shape index (κ3) is 26.3. The average molecular weight is 420 g/mol. The van der Waals surface area contributed by atoms with Crippen LogP contribution in [0.2, 0.25) is 0 Å². The van der Waals surface area contributed by atoms with Crippen molar-refractivity contribution in [3.8, 4) is 0 Å². The van der Waals surface area contributed by atoms with Crippen LogP contribution >= 0.6 is 23.2 Å². The fourth-order valence-electron chi connectivity index (χ4n) is 3.60. The number of alkyl halides is 2. The maximum absolute atomic E-state index is 5.69. The van der Waals surface area contributed by atoms with E-state index in [1.54, 1.807) is 0 Å². The molecule has 0 radical (unpaired) electrons. The lowest BCUT2D eigenvalue weighted by Crippen LogP contribution is -1.83. The Bertz CT molecular complexity index is 275. The van der Waals surface area contributed by atoms with E-state index in [2.05, 4.69) is 12.2 Å². The first kappa shape index (κ1) is 27.3. The molecule has 0 nitrogen and oxygen atoms in total. The summed E-state index contributed by atoms with van der Waals surface area (Å²) in [6.45, 7) is 0. The van der Waals surface area contributed by atoms with E-state index in [0.717, 1.165) is 11.8 Å². The highest BCUT2D eigenvalue weighted by Crippen LogP contribution is 2.13. The third-order valence-electron chi connectivity index (χ3n) is 5.43. The topological polar surface area (TPSA) is 0 Å². The first-order valence-corrected chi connectivity index (χ1v) is 13.3. The first-order valence-electron chi connectivity index (χ1n) is 12.2. The van der Waals surface area contributed by atoms with Crippen LogP contribution < -0.4 is 0 Å². The molecule has 0 unspecified atom stereocenters. The molecule has 0 aliphatic rings. The van der Waals surface area contributed by atoms with Crippen LogP contribution in [-0.4, -0.2) is 11.8 Å². The normalized spacial score (nSPS) is 11.6. The SMILES string of the molecule is ClCCCCCCCCCCCC=CCCCCCCCCCCCCCl. The molecule has 0 saturated carbocycles. The van der Waals surface area contributed by atoms with Crippen LogP contribution in [0, 0.1) is 0 Å². The smallest absolute Gasteiger partial charge is 0.0223 e. The molecule has 0 rings (SSSR count). The van der Waals surface area contributed by atoms with Gasteiger partial charge in [0.1, 0.15) is 0 Å². The summed E-state index contributed by atoms with van der Waals surface area (Å²) in [5, 5.41) is 0. The molecule has 0 N–H and O–H groups in total. The van der Waals surface area contributed by atoms with Gasteiger partial charge in [-0.25, -0.2) is 0 Å². The summed E-state index contributed by atoms with van der Waals surface area (Å²) < 4.78 is 0. The van der Waals surface area contributed by atoms with E-state index >= 15 is 0 Å². The van der Waals surface area contributed by atoms with Gasteiger partial charge in [0.15, 0.2) is 0 Å². The van der Waals surface area contributed by atoms with Crippen LogP contribution in [0.1, 0.15) is 135 Å². The van der Waals surface area contributed by atoms with Crippen LogP contribution in [0.5, 0.6) is 0 Å². The van der Waals surface area contributed by atoms with Gasteiger partial charge in [-0.1, -0.05) is 108 Å². The third-order valence-corrected chi connectivity index (χ3v) is 5.96. The van der Waals surface area contributed by atoms with Gasteiger partial charge in [0.05, 0.1) is 0 Å². The zero-order chi connectivity index (χ0) is 19.7. The molecule has 0 amide bonds. The largest absolute Gasteiger partial charge is 0.127 e. The van der Waals surface area contributed by atoms with E-state index < -0.39 is 0 Å². The van der Waals surface area contributed by atoms with Crippen molar-refractivity contribution in [2.24, 2.45) is 0 Å². The van der Waals surface area contributed by atoms with Gasteiger partial charge in [0.2, 0.25) is 0 Å². The van der Waals surface area contributed by atoms with E-state index in [4.69, 9.17) is 23.2 Å². The Morgan fingerprint density at radius 1 is 0.296 bits per heavy atom. The molecule has 0 aromatic rings. The molecule has 0 aliphatic heterocycles. The fourth-order valence-corrected chi connectivity index (χ4v) is 3.98. The number of hydrogen-bond donors (Lipinski definition) is 0. The van der Waals surface area contributed by atoms with Gasteiger partial charge < -0.3 is 0 Å². The maximum Gasteiger partial charge on any atom is 0.0223 e.